The van der Waals surface area contributed by atoms with E-state index in [9.17, 15) is 9.50 Å². The van der Waals surface area contributed by atoms with Crippen molar-refractivity contribution in [1.29, 1.82) is 0 Å². The minimum absolute atomic E-state index is 0.105. The molecule has 1 saturated heterocycles. The van der Waals surface area contributed by atoms with Gasteiger partial charge in [-0.1, -0.05) is 17.6 Å². The molecule has 1 fully saturated rings. The lowest BCUT2D eigenvalue weighted by Crippen LogP contribution is -2.33. The SMILES string of the molecule is Cc1nc(C2CCCCN2Cc2ccc(O)c(F)c2)no1. The second-order valence-corrected chi connectivity index (χ2v) is 5.44. The van der Waals surface area contributed by atoms with Crippen molar-refractivity contribution in [3.8, 4) is 5.75 Å². The largest absolute Gasteiger partial charge is 0.505 e. The van der Waals surface area contributed by atoms with Crippen LogP contribution in [0.1, 0.15) is 42.6 Å². The van der Waals surface area contributed by atoms with Crippen LogP contribution in [0.3, 0.4) is 0 Å². The zero-order chi connectivity index (χ0) is 14.8. The van der Waals surface area contributed by atoms with Crippen LogP contribution in [-0.4, -0.2) is 26.7 Å². The van der Waals surface area contributed by atoms with Gasteiger partial charge in [-0.2, -0.15) is 4.98 Å². The van der Waals surface area contributed by atoms with Crippen LogP contribution in [0.15, 0.2) is 22.7 Å². The molecule has 1 aliphatic rings. The number of piperidine rings is 1. The number of nitrogens with zero attached hydrogens (tertiary/aromatic N) is 3. The van der Waals surface area contributed by atoms with E-state index in [1.54, 1.807) is 13.0 Å². The van der Waals surface area contributed by atoms with Crippen molar-refractivity contribution in [2.45, 2.75) is 38.8 Å². The summed E-state index contributed by atoms with van der Waals surface area (Å²) in [6.07, 6.45) is 3.20. The van der Waals surface area contributed by atoms with Crippen LogP contribution >= 0.6 is 0 Å². The molecule has 0 aliphatic carbocycles. The molecule has 1 atom stereocenters. The molecule has 0 saturated carbocycles. The average molecular weight is 291 g/mol. The van der Waals surface area contributed by atoms with Crippen molar-refractivity contribution in [3.63, 3.8) is 0 Å². The highest BCUT2D eigenvalue weighted by molar-refractivity contribution is 5.28. The first-order chi connectivity index (χ1) is 10.1. The number of halogens is 1. The third-order valence-corrected chi connectivity index (χ3v) is 3.85. The summed E-state index contributed by atoms with van der Waals surface area (Å²) in [5.41, 5.74) is 0.831. The van der Waals surface area contributed by atoms with Crippen molar-refractivity contribution in [1.82, 2.24) is 15.0 Å². The monoisotopic (exact) mass is 291 g/mol. The lowest BCUT2D eigenvalue weighted by molar-refractivity contribution is 0.131. The maximum atomic E-state index is 13.4. The molecule has 2 heterocycles. The summed E-state index contributed by atoms with van der Waals surface area (Å²) >= 11 is 0. The Hall–Kier alpha value is -1.95. The summed E-state index contributed by atoms with van der Waals surface area (Å²) in [7, 11) is 0. The standard InChI is InChI=1S/C15H18FN3O2/c1-10-17-15(18-21-10)13-4-2-3-7-19(13)9-11-5-6-14(20)12(16)8-11/h5-6,8,13,20H,2-4,7,9H2,1H3. The van der Waals surface area contributed by atoms with Gasteiger partial charge in [-0.15, -0.1) is 0 Å². The fourth-order valence-corrected chi connectivity index (χ4v) is 2.81. The smallest absolute Gasteiger partial charge is 0.223 e. The minimum atomic E-state index is -0.587. The third-order valence-electron chi connectivity index (χ3n) is 3.85. The molecular formula is C15H18FN3O2. The molecule has 0 radical (unpaired) electrons. The summed E-state index contributed by atoms with van der Waals surface area (Å²) in [6.45, 7) is 3.30. The van der Waals surface area contributed by atoms with Crippen LogP contribution in [0, 0.1) is 12.7 Å². The molecule has 5 nitrogen and oxygen atoms in total. The second kappa shape index (κ2) is 5.81. The molecule has 0 amide bonds. The molecular weight excluding hydrogens is 273 g/mol. The molecule has 1 N–H and O–H groups in total. The van der Waals surface area contributed by atoms with E-state index in [4.69, 9.17) is 4.52 Å². The molecule has 1 aromatic heterocycles. The molecule has 2 aromatic rings. The van der Waals surface area contributed by atoms with Gasteiger partial charge in [0.15, 0.2) is 17.4 Å². The van der Waals surface area contributed by atoms with E-state index in [1.807, 2.05) is 0 Å². The van der Waals surface area contributed by atoms with Crippen molar-refractivity contribution < 1.29 is 14.0 Å². The fourth-order valence-electron chi connectivity index (χ4n) is 2.81. The van der Waals surface area contributed by atoms with Gasteiger partial charge in [-0.25, -0.2) is 4.39 Å². The number of rotatable bonds is 3. The highest BCUT2D eigenvalue weighted by atomic mass is 19.1. The number of hydrogen-bond acceptors (Lipinski definition) is 5. The summed E-state index contributed by atoms with van der Waals surface area (Å²) in [5.74, 6) is 0.358. The quantitative estimate of drug-likeness (QED) is 0.942. The van der Waals surface area contributed by atoms with Crippen LogP contribution in [0.25, 0.3) is 0 Å². The predicted octanol–water partition coefficient (Wildman–Crippen LogP) is 2.95. The van der Waals surface area contributed by atoms with Gasteiger partial charge in [0.1, 0.15) is 0 Å². The Morgan fingerprint density at radius 1 is 1.43 bits per heavy atom. The van der Waals surface area contributed by atoms with E-state index >= 15 is 0 Å². The van der Waals surface area contributed by atoms with Crippen molar-refractivity contribution in [2.24, 2.45) is 0 Å². The summed E-state index contributed by atoms with van der Waals surface area (Å²) in [6, 6.07) is 4.61. The molecule has 3 rings (SSSR count). The van der Waals surface area contributed by atoms with Crippen molar-refractivity contribution >= 4 is 0 Å². The predicted molar refractivity (Wildman–Crippen MR) is 74.1 cm³/mol. The van der Waals surface area contributed by atoms with Gasteiger partial charge < -0.3 is 9.63 Å². The van der Waals surface area contributed by atoms with E-state index in [2.05, 4.69) is 15.0 Å². The molecule has 1 aromatic carbocycles. The van der Waals surface area contributed by atoms with Crippen LogP contribution in [0.4, 0.5) is 4.39 Å². The third kappa shape index (κ3) is 3.05. The van der Waals surface area contributed by atoms with Crippen LogP contribution in [-0.2, 0) is 6.54 Å². The van der Waals surface area contributed by atoms with Gasteiger partial charge in [-0.3, -0.25) is 4.90 Å². The summed E-state index contributed by atoms with van der Waals surface area (Å²) in [4.78, 5) is 6.56. The number of aromatic nitrogens is 2. The summed E-state index contributed by atoms with van der Waals surface area (Å²) < 4.78 is 18.5. The van der Waals surface area contributed by atoms with E-state index in [1.165, 1.54) is 12.1 Å². The number of aromatic hydroxyl groups is 1. The maximum absolute atomic E-state index is 13.4. The lowest BCUT2D eigenvalue weighted by Gasteiger charge is -2.33. The molecule has 0 spiro atoms. The minimum Gasteiger partial charge on any atom is -0.505 e. The number of likely N-dealkylation sites (tertiary alicyclic amines) is 1. The molecule has 112 valence electrons. The highest BCUT2D eigenvalue weighted by Gasteiger charge is 2.27. The number of aryl methyl sites for hydroxylation is 1. The number of phenolic OH excluding ortho intramolecular Hbond substituents is 1. The first-order valence-electron chi connectivity index (χ1n) is 7.15. The molecule has 6 heteroatoms. The molecule has 1 aliphatic heterocycles. The van der Waals surface area contributed by atoms with E-state index in [0.717, 1.165) is 31.4 Å². The number of benzene rings is 1. The molecule has 21 heavy (non-hydrogen) atoms. The zero-order valence-corrected chi connectivity index (χ0v) is 11.9. The molecule has 1 unspecified atom stereocenters. The second-order valence-electron chi connectivity index (χ2n) is 5.44. The van der Waals surface area contributed by atoms with E-state index in [-0.39, 0.29) is 11.8 Å². The zero-order valence-electron chi connectivity index (χ0n) is 11.9. The Morgan fingerprint density at radius 3 is 3.00 bits per heavy atom. The Labute approximate surface area is 122 Å². The topological polar surface area (TPSA) is 62.4 Å². The van der Waals surface area contributed by atoms with E-state index < -0.39 is 5.82 Å². The first kappa shape index (κ1) is 14.0. The lowest BCUT2D eigenvalue weighted by atomic mass is 10.0. The van der Waals surface area contributed by atoms with Crippen LogP contribution in [0.2, 0.25) is 0 Å². The Morgan fingerprint density at radius 2 is 2.29 bits per heavy atom. The van der Waals surface area contributed by atoms with Crippen LogP contribution in [0.5, 0.6) is 5.75 Å². The number of hydrogen-bond donors (Lipinski definition) is 1. The first-order valence-corrected chi connectivity index (χ1v) is 7.15. The van der Waals surface area contributed by atoms with Gasteiger partial charge in [0.05, 0.1) is 6.04 Å². The van der Waals surface area contributed by atoms with Gasteiger partial charge in [-0.05, 0) is 37.1 Å². The van der Waals surface area contributed by atoms with Gasteiger partial charge >= 0.3 is 0 Å². The Balaban J connectivity index is 1.79. The summed E-state index contributed by atoms with van der Waals surface area (Å²) in [5, 5.41) is 13.3. The fraction of sp³-hybridized carbons (Fsp3) is 0.467. The normalized spacial score (nSPS) is 19.8. The molecule has 0 bridgehead atoms. The van der Waals surface area contributed by atoms with Crippen molar-refractivity contribution in [3.05, 3.63) is 41.3 Å². The van der Waals surface area contributed by atoms with Gasteiger partial charge in [0, 0.05) is 13.5 Å². The van der Waals surface area contributed by atoms with Crippen LogP contribution < -0.4 is 0 Å². The van der Waals surface area contributed by atoms with E-state index in [0.29, 0.717) is 18.3 Å². The average Bonchev–Trinajstić information content (AvgIpc) is 2.90. The van der Waals surface area contributed by atoms with Crippen molar-refractivity contribution in [2.75, 3.05) is 6.54 Å². The Bertz CT molecular complexity index is 629. The number of phenols is 1. The van der Waals surface area contributed by atoms with Gasteiger partial charge in [0.2, 0.25) is 5.89 Å². The highest BCUT2D eigenvalue weighted by Crippen LogP contribution is 2.31. The van der Waals surface area contributed by atoms with Gasteiger partial charge in [0.25, 0.3) is 0 Å². The maximum Gasteiger partial charge on any atom is 0.223 e. The Kier molecular flexibility index (Phi) is 3.88.